The third-order valence-corrected chi connectivity index (χ3v) is 3.59. The molecule has 14 heavy (non-hydrogen) atoms. The van der Waals surface area contributed by atoms with Crippen molar-refractivity contribution in [3.63, 3.8) is 0 Å². The summed E-state index contributed by atoms with van der Waals surface area (Å²) in [5.74, 6) is 0. The van der Waals surface area contributed by atoms with E-state index in [9.17, 15) is 0 Å². The maximum atomic E-state index is 3.64. The monoisotopic (exact) mass is 197 g/mol. The zero-order valence-electron chi connectivity index (χ0n) is 9.50. The van der Waals surface area contributed by atoms with Crippen LogP contribution in [0.15, 0.2) is 0 Å². The Morgan fingerprint density at radius 1 is 1.36 bits per heavy atom. The molecule has 0 spiro atoms. The van der Waals surface area contributed by atoms with E-state index in [4.69, 9.17) is 0 Å². The summed E-state index contributed by atoms with van der Waals surface area (Å²) in [4.78, 5) is 4.97. The second kappa shape index (κ2) is 4.60. The van der Waals surface area contributed by atoms with Crippen LogP contribution in [0.4, 0.5) is 0 Å². The first-order valence-corrected chi connectivity index (χ1v) is 5.89. The number of nitrogens with zero attached hydrogens (tertiary/aromatic N) is 2. The van der Waals surface area contributed by atoms with Gasteiger partial charge in [0, 0.05) is 38.3 Å². The summed E-state index contributed by atoms with van der Waals surface area (Å²) < 4.78 is 0. The number of hydrogen-bond donors (Lipinski definition) is 1. The fourth-order valence-corrected chi connectivity index (χ4v) is 2.78. The molecule has 1 aliphatic carbocycles. The predicted octanol–water partition coefficient (Wildman–Crippen LogP) is 0.374. The van der Waals surface area contributed by atoms with E-state index in [1.54, 1.807) is 0 Å². The molecule has 2 fully saturated rings. The molecule has 0 amide bonds. The van der Waals surface area contributed by atoms with Crippen molar-refractivity contribution in [2.75, 3.05) is 40.3 Å². The first-order valence-electron chi connectivity index (χ1n) is 5.89. The summed E-state index contributed by atoms with van der Waals surface area (Å²) in [5, 5.41) is 3.64. The van der Waals surface area contributed by atoms with Crippen molar-refractivity contribution in [2.24, 2.45) is 0 Å². The Balaban J connectivity index is 1.84. The molecule has 1 saturated heterocycles. The lowest BCUT2D eigenvalue weighted by Crippen LogP contribution is -2.56. The van der Waals surface area contributed by atoms with E-state index in [0.29, 0.717) is 0 Å². The van der Waals surface area contributed by atoms with Gasteiger partial charge in [-0.15, -0.1) is 0 Å². The van der Waals surface area contributed by atoms with Crippen LogP contribution >= 0.6 is 0 Å². The third-order valence-electron chi connectivity index (χ3n) is 3.59. The molecule has 2 rings (SSSR count). The van der Waals surface area contributed by atoms with Crippen molar-refractivity contribution in [3.05, 3.63) is 0 Å². The van der Waals surface area contributed by atoms with Crippen molar-refractivity contribution in [1.82, 2.24) is 15.1 Å². The van der Waals surface area contributed by atoms with Crippen molar-refractivity contribution in [2.45, 2.75) is 31.3 Å². The summed E-state index contributed by atoms with van der Waals surface area (Å²) in [6.07, 6.45) is 4.22. The summed E-state index contributed by atoms with van der Waals surface area (Å²) in [5.41, 5.74) is 0. The van der Waals surface area contributed by atoms with Gasteiger partial charge in [0.25, 0.3) is 0 Å². The van der Waals surface area contributed by atoms with Gasteiger partial charge in [-0.3, -0.25) is 4.90 Å². The van der Waals surface area contributed by atoms with Crippen molar-refractivity contribution in [3.8, 4) is 0 Å². The van der Waals surface area contributed by atoms with Gasteiger partial charge in [-0.25, -0.2) is 0 Å². The highest BCUT2D eigenvalue weighted by Gasteiger charge is 2.34. The molecule has 0 bridgehead atoms. The molecular weight excluding hydrogens is 174 g/mol. The topological polar surface area (TPSA) is 18.5 Å². The maximum absolute atomic E-state index is 3.64. The molecule has 2 aliphatic rings. The Hall–Kier alpha value is -0.120. The first-order chi connectivity index (χ1) is 6.77. The smallest absolute Gasteiger partial charge is 0.0250 e. The first kappa shape index (κ1) is 10.4. The molecule has 1 N–H and O–H groups in total. The second-order valence-electron chi connectivity index (χ2n) is 4.90. The number of likely N-dealkylation sites (N-methyl/N-ethyl adjacent to an activating group) is 1. The molecule has 0 radical (unpaired) electrons. The summed E-state index contributed by atoms with van der Waals surface area (Å²) in [6.45, 7) is 4.88. The fourth-order valence-electron chi connectivity index (χ4n) is 2.78. The third kappa shape index (κ3) is 2.27. The average Bonchev–Trinajstić information content (AvgIpc) is 2.62. The van der Waals surface area contributed by atoms with Crippen molar-refractivity contribution in [1.29, 1.82) is 0 Å². The Bertz CT molecular complexity index is 181. The van der Waals surface area contributed by atoms with E-state index >= 15 is 0 Å². The van der Waals surface area contributed by atoms with Crippen LogP contribution in [0.25, 0.3) is 0 Å². The molecule has 3 nitrogen and oxygen atoms in total. The van der Waals surface area contributed by atoms with Crippen LogP contribution in [0, 0.1) is 0 Å². The largest absolute Gasteiger partial charge is 0.311 e. The normalized spacial score (nSPS) is 33.6. The Morgan fingerprint density at radius 3 is 3.00 bits per heavy atom. The zero-order chi connectivity index (χ0) is 9.97. The highest BCUT2D eigenvalue weighted by Crippen LogP contribution is 2.26. The lowest BCUT2D eigenvalue weighted by atomic mass is 10.1. The van der Waals surface area contributed by atoms with E-state index in [2.05, 4.69) is 29.2 Å². The lowest BCUT2D eigenvalue weighted by molar-refractivity contribution is 0.127. The molecule has 0 unspecified atom stereocenters. The molecule has 82 valence electrons. The van der Waals surface area contributed by atoms with Crippen LogP contribution in [-0.2, 0) is 0 Å². The SMILES string of the molecule is CN(C)CCN1CCN[C@@H]2CCC[C@@H]21. The molecule has 3 heteroatoms. The summed E-state index contributed by atoms with van der Waals surface area (Å²) in [6, 6.07) is 1.63. The van der Waals surface area contributed by atoms with E-state index in [1.165, 1.54) is 45.4 Å². The molecule has 0 aromatic carbocycles. The van der Waals surface area contributed by atoms with Gasteiger partial charge >= 0.3 is 0 Å². The van der Waals surface area contributed by atoms with Crippen LogP contribution in [0.2, 0.25) is 0 Å². The van der Waals surface area contributed by atoms with E-state index in [-0.39, 0.29) is 0 Å². The molecule has 0 aromatic rings. The van der Waals surface area contributed by atoms with Gasteiger partial charge in [-0.1, -0.05) is 6.42 Å². The Kier molecular flexibility index (Phi) is 3.42. The predicted molar refractivity (Wildman–Crippen MR) is 59.6 cm³/mol. The minimum Gasteiger partial charge on any atom is -0.311 e. The van der Waals surface area contributed by atoms with Gasteiger partial charge in [0.2, 0.25) is 0 Å². The number of rotatable bonds is 3. The fraction of sp³-hybridized carbons (Fsp3) is 1.00. The molecule has 2 atom stereocenters. The van der Waals surface area contributed by atoms with Gasteiger partial charge < -0.3 is 10.2 Å². The number of piperazine rings is 1. The highest BCUT2D eigenvalue weighted by molar-refractivity contribution is 4.94. The summed E-state index contributed by atoms with van der Waals surface area (Å²) >= 11 is 0. The minimum absolute atomic E-state index is 0.797. The lowest BCUT2D eigenvalue weighted by Gasteiger charge is -2.38. The highest BCUT2D eigenvalue weighted by atomic mass is 15.3. The van der Waals surface area contributed by atoms with Crippen LogP contribution in [0.1, 0.15) is 19.3 Å². The second-order valence-corrected chi connectivity index (χ2v) is 4.90. The quantitative estimate of drug-likeness (QED) is 0.705. The van der Waals surface area contributed by atoms with E-state index < -0.39 is 0 Å². The minimum atomic E-state index is 0.797. The van der Waals surface area contributed by atoms with Crippen LogP contribution < -0.4 is 5.32 Å². The molecule has 1 saturated carbocycles. The average molecular weight is 197 g/mol. The van der Waals surface area contributed by atoms with Gasteiger partial charge in [-0.2, -0.15) is 0 Å². The number of nitrogens with one attached hydrogen (secondary N) is 1. The van der Waals surface area contributed by atoms with Gasteiger partial charge in [0.05, 0.1) is 0 Å². The Morgan fingerprint density at radius 2 is 2.21 bits per heavy atom. The maximum Gasteiger partial charge on any atom is 0.0250 e. The van der Waals surface area contributed by atoms with Crippen molar-refractivity contribution < 1.29 is 0 Å². The Labute approximate surface area is 87.4 Å². The number of hydrogen-bond acceptors (Lipinski definition) is 3. The van der Waals surface area contributed by atoms with Crippen LogP contribution in [0.5, 0.6) is 0 Å². The van der Waals surface area contributed by atoms with Crippen molar-refractivity contribution >= 4 is 0 Å². The van der Waals surface area contributed by atoms with E-state index in [1.807, 2.05) is 0 Å². The van der Waals surface area contributed by atoms with Gasteiger partial charge in [0.1, 0.15) is 0 Å². The standard InChI is InChI=1S/C11H23N3/c1-13(2)8-9-14-7-6-12-10-4-3-5-11(10)14/h10-12H,3-9H2,1-2H3/t10-,11+/m1/s1. The summed E-state index contributed by atoms with van der Waals surface area (Å²) in [7, 11) is 4.32. The zero-order valence-corrected chi connectivity index (χ0v) is 9.50. The molecule has 0 aromatic heterocycles. The van der Waals surface area contributed by atoms with Gasteiger partial charge in [0.15, 0.2) is 0 Å². The molecule has 1 aliphatic heterocycles. The van der Waals surface area contributed by atoms with Crippen LogP contribution in [-0.4, -0.2) is 62.2 Å². The molecular formula is C11H23N3. The van der Waals surface area contributed by atoms with E-state index in [0.717, 1.165) is 12.1 Å². The van der Waals surface area contributed by atoms with Crippen LogP contribution in [0.3, 0.4) is 0 Å². The van der Waals surface area contributed by atoms with Gasteiger partial charge in [-0.05, 0) is 26.9 Å². The number of fused-ring (bicyclic) bond motifs is 1. The molecule has 1 heterocycles.